The topological polar surface area (TPSA) is 30.8 Å². The van der Waals surface area contributed by atoms with Crippen LogP contribution in [0.1, 0.15) is 6.92 Å². The molecular formula is C10H11NO2. The van der Waals surface area contributed by atoms with Crippen molar-refractivity contribution in [3.8, 4) is 5.75 Å². The van der Waals surface area contributed by atoms with Gasteiger partial charge >= 0.3 is 0 Å². The van der Waals surface area contributed by atoms with Crippen LogP contribution in [0, 0.1) is 0 Å². The third-order valence-corrected chi connectivity index (χ3v) is 1.78. The molecule has 68 valence electrons. The summed E-state index contributed by atoms with van der Waals surface area (Å²) in [7, 11) is 0. The van der Waals surface area contributed by atoms with Crippen LogP contribution in [0.3, 0.4) is 0 Å². The molecule has 0 spiro atoms. The number of rotatable bonds is 2. The molecule has 0 aliphatic carbocycles. The molecule has 0 bridgehead atoms. The Bertz CT molecular complexity index is 308. The normalized spacial score (nSPS) is 20.7. The molecule has 3 nitrogen and oxygen atoms in total. The van der Waals surface area contributed by atoms with Crippen molar-refractivity contribution in [2.45, 2.75) is 13.2 Å². The maximum atomic E-state index is 5.53. The van der Waals surface area contributed by atoms with Gasteiger partial charge in [0.15, 0.2) is 5.90 Å². The zero-order chi connectivity index (χ0) is 9.10. The Labute approximate surface area is 77.0 Å². The van der Waals surface area contributed by atoms with Gasteiger partial charge in [0.05, 0.1) is 0 Å². The molecule has 0 saturated carbocycles. The Hall–Kier alpha value is -1.51. The van der Waals surface area contributed by atoms with Crippen LogP contribution in [0.2, 0.25) is 0 Å². The second-order valence-corrected chi connectivity index (χ2v) is 2.84. The summed E-state index contributed by atoms with van der Waals surface area (Å²) < 4.78 is 10.7. The number of aliphatic imine (C=N–C) groups is 1. The van der Waals surface area contributed by atoms with E-state index in [-0.39, 0.29) is 6.23 Å². The highest BCUT2D eigenvalue weighted by atomic mass is 16.6. The molecule has 2 rings (SSSR count). The fourth-order valence-electron chi connectivity index (χ4n) is 1.19. The fourth-order valence-corrected chi connectivity index (χ4v) is 1.19. The van der Waals surface area contributed by atoms with Crippen molar-refractivity contribution < 1.29 is 9.47 Å². The second-order valence-electron chi connectivity index (χ2n) is 2.84. The predicted octanol–water partition coefficient (Wildman–Crippen LogP) is 1.84. The summed E-state index contributed by atoms with van der Waals surface area (Å²) in [6.45, 7) is 2.34. The lowest BCUT2D eigenvalue weighted by Gasteiger charge is -2.08. The molecule has 3 heteroatoms. The van der Waals surface area contributed by atoms with Crippen LogP contribution >= 0.6 is 0 Å². The SMILES string of the molecule is CC1=NC(Oc2ccccc2)CO1. The first-order chi connectivity index (χ1) is 6.34. The zero-order valence-corrected chi connectivity index (χ0v) is 7.43. The van der Waals surface area contributed by atoms with Gasteiger partial charge in [-0.25, -0.2) is 4.99 Å². The fraction of sp³-hybridized carbons (Fsp3) is 0.300. The van der Waals surface area contributed by atoms with Crippen LogP contribution in [-0.4, -0.2) is 18.7 Å². The molecule has 0 fully saturated rings. The van der Waals surface area contributed by atoms with E-state index in [0.29, 0.717) is 12.5 Å². The standard InChI is InChI=1S/C10H11NO2/c1-8-11-10(7-12-8)13-9-5-3-2-4-6-9/h2-6,10H,7H2,1H3. The van der Waals surface area contributed by atoms with E-state index in [1.165, 1.54) is 0 Å². The van der Waals surface area contributed by atoms with E-state index in [2.05, 4.69) is 4.99 Å². The number of ether oxygens (including phenoxy) is 2. The van der Waals surface area contributed by atoms with Crippen molar-refractivity contribution >= 4 is 5.90 Å². The van der Waals surface area contributed by atoms with Crippen molar-refractivity contribution in [3.05, 3.63) is 30.3 Å². The first kappa shape index (κ1) is 8.10. The van der Waals surface area contributed by atoms with Gasteiger partial charge in [0.25, 0.3) is 0 Å². The van der Waals surface area contributed by atoms with Crippen LogP contribution < -0.4 is 4.74 Å². The third-order valence-electron chi connectivity index (χ3n) is 1.78. The summed E-state index contributed by atoms with van der Waals surface area (Å²) >= 11 is 0. The average molecular weight is 177 g/mol. The first-order valence-corrected chi connectivity index (χ1v) is 4.23. The monoisotopic (exact) mass is 177 g/mol. The minimum atomic E-state index is -0.178. The molecule has 1 aromatic carbocycles. The first-order valence-electron chi connectivity index (χ1n) is 4.23. The Balaban J connectivity index is 2.00. The lowest BCUT2D eigenvalue weighted by atomic mass is 10.3. The van der Waals surface area contributed by atoms with Crippen molar-refractivity contribution in [2.75, 3.05) is 6.61 Å². The van der Waals surface area contributed by atoms with Gasteiger partial charge in [-0.15, -0.1) is 0 Å². The van der Waals surface area contributed by atoms with E-state index in [0.717, 1.165) is 5.75 Å². The van der Waals surface area contributed by atoms with Gasteiger partial charge in [-0.3, -0.25) is 0 Å². The van der Waals surface area contributed by atoms with E-state index in [9.17, 15) is 0 Å². The second kappa shape index (κ2) is 3.47. The summed E-state index contributed by atoms with van der Waals surface area (Å²) in [6.07, 6.45) is -0.178. The van der Waals surface area contributed by atoms with Crippen molar-refractivity contribution in [2.24, 2.45) is 4.99 Å². The van der Waals surface area contributed by atoms with Crippen LogP contribution in [-0.2, 0) is 4.74 Å². The van der Waals surface area contributed by atoms with Crippen molar-refractivity contribution in [3.63, 3.8) is 0 Å². The number of hydrogen-bond acceptors (Lipinski definition) is 3. The molecule has 1 atom stereocenters. The molecule has 0 aromatic heterocycles. The van der Waals surface area contributed by atoms with Gasteiger partial charge in [-0.2, -0.15) is 0 Å². The largest absolute Gasteiger partial charge is 0.475 e. The van der Waals surface area contributed by atoms with E-state index < -0.39 is 0 Å². The summed E-state index contributed by atoms with van der Waals surface area (Å²) in [5.74, 6) is 1.52. The highest BCUT2D eigenvalue weighted by Gasteiger charge is 2.16. The zero-order valence-electron chi connectivity index (χ0n) is 7.43. The summed E-state index contributed by atoms with van der Waals surface area (Å²) in [6, 6.07) is 9.63. The highest BCUT2D eigenvalue weighted by molar-refractivity contribution is 5.74. The molecule has 1 heterocycles. The Morgan fingerprint density at radius 3 is 2.77 bits per heavy atom. The van der Waals surface area contributed by atoms with Gasteiger partial charge < -0.3 is 9.47 Å². The Kier molecular flexibility index (Phi) is 2.17. The number of nitrogens with zero attached hydrogens (tertiary/aromatic N) is 1. The van der Waals surface area contributed by atoms with Crippen molar-refractivity contribution in [1.82, 2.24) is 0 Å². The van der Waals surface area contributed by atoms with Gasteiger partial charge in [-0.05, 0) is 12.1 Å². The third kappa shape index (κ3) is 1.99. The van der Waals surface area contributed by atoms with Crippen LogP contribution in [0.25, 0.3) is 0 Å². The van der Waals surface area contributed by atoms with Crippen molar-refractivity contribution in [1.29, 1.82) is 0 Å². The maximum absolute atomic E-state index is 5.53. The lowest BCUT2D eigenvalue weighted by molar-refractivity contribution is 0.160. The number of hydrogen-bond donors (Lipinski definition) is 0. The summed E-state index contributed by atoms with van der Waals surface area (Å²) in [5.41, 5.74) is 0. The van der Waals surface area contributed by atoms with Gasteiger partial charge in [0, 0.05) is 6.92 Å². The lowest BCUT2D eigenvalue weighted by Crippen LogP contribution is -2.14. The summed E-state index contributed by atoms with van der Waals surface area (Å²) in [5, 5.41) is 0. The molecular weight excluding hydrogens is 166 g/mol. The van der Waals surface area contributed by atoms with E-state index in [4.69, 9.17) is 9.47 Å². The minimum Gasteiger partial charge on any atom is -0.475 e. The number of benzene rings is 1. The highest BCUT2D eigenvalue weighted by Crippen LogP contribution is 2.14. The van der Waals surface area contributed by atoms with E-state index in [1.54, 1.807) is 0 Å². The molecule has 0 N–H and O–H groups in total. The molecule has 13 heavy (non-hydrogen) atoms. The summed E-state index contributed by atoms with van der Waals surface area (Å²) in [4.78, 5) is 4.16. The molecule has 1 unspecified atom stereocenters. The van der Waals surface area contributed by atoms with Crippen LogP contribution in [0.15, 0.2) is 35.3 Å². The van der Waals surface area contributed by atoms with Gasteiger partial charge in [-0.1, -0.05) is 18.2 Å². The molecule has 0 saturated heterocycles. The number of para-hydroxylation sites is 1. The van der Waals surface area contributed by atoms with Crippen LogP contribution in [0.5, 0.6) is 5.75 Å². The van der Waals surface area contributed by atoms with Gasteiger partial charge in [0.2, 0.25) is 6.23 Å². The van der Waals surface area contributed by atoms with Gasteiger partial charge in [0.1, 0.15) is 12.4 Å². The molecule has 0 amide bonds. The van der Waals surface area contributed by atoms with E-state index >= 15 is 0 Å². The Morgan fingerprint density at radius 2 is 2.15 bits per heavy atom. The molecule has 1 aromatic rings. The smallest absolute Gasteiger partial charge is 0.226 e. The van der Waals surface area contributed by atoms with E-state index in [1.807, 2.05) is 37.3 Å². The average Bonchev–Trinajstić information content (AvgIpc) is 2.53. The maximum Gasteiger partial charge on any atom is 0.226 e. The Morgan fingerprint density at radius 1 is 1.38 bits per heavy atom. The quantitative estimate of drug-likeness (QED) is 0.690. The molecule has 0 radical (unpaired) electrons. The molecule has 1 aliphatic rings. The molecule has 1 aliphatic heterocycles. The predicted molar refractivity (Wildman–Crippen MR) is 49.9 cm³/mol. The van der Waals surface area contributed by atoms with Crippen LogP contribution in [0.4, 0.5) is 0 Å². The minimum absolute atomic E-state index is 0.178.